The van der Waals surface area contributed by atoms with Crippen LogP contribution in [0.1, 0.15) is 78.1 Å². The summed E-state index contributed by atoms with van der Waals surface area (Å²) in [4.78, 5) is 33.1. The molecule has 0 amide bonds. The van der Waals surface area contributed by atoms with Gasteiger partial charge in [-0.15, -0.1) is 0 Å². The van der Waals surface area contributed by atoms with Crippen molar-refractivity contribution in [3.05, 3.63) is 25.3 Å². The van der Waals surface area contributed by atoms with Crippen molar-refractivity contribution < 1.29 is 37.6 Å². The van der Waals surface area contributed by atoms with Crippen LogP contribution >= 0.6 is 7.82 Å². The molecule has 0 fully saturated rings. The van der Waals surface area contributed by atoms with Crippen LogP contribution in [0.5, 0.6) is 0 Å². The van der Waals surface area contributed by atoms with Crippen LogP contribution in [0.4, 0.5) is 0 Å². The summed E-state index contributed by atoms with van der Waals surface area (Å²) < 4.78 is 32.5. The maximum absolute atomic E-state index is 12.4. The molecule has 0 aliphatic heterocycles. The lowest BCUT2D eigenvalue weighted by Crippen LogP contribution is -2.24. The van der Waals surface area contributed by atoms with Crippen LogP contribution < -0.4 is 6.15 Å². The minimum atomic E-state index is -4.67. The fourth-order valence-electron chi connectivity index (χ4n) is 2.42. The first-order valence-electron chi connectivity index (χ1n) is 10.1. The molecule has 9 nitrogen and oxygen atoms in total. The van der Waals surface area contributed by atoms with Crippen molar-refractivity contribution in [3.8, 4) is 0 Å². The van der Waals surface area contributed by atoms with Gasteiger partial charge in [0.15, 0.2) is 0 Å². The Morgan fingerprint density at radius 1 is 0.833 bits per heavy atom. The van der Waals surface area contributed by atoms with E-state index >= 15 is 0 Å². The average Bonchev–Trinajstić information content (AvgIpc) is 2.67. The molecule has 30 heavy (non-hydrogen) atoms. The highest BCUT2D eigenvalue weighted by molar-refractivity contribution is 7.47. The molecule has 0 aliphatic rings. The Labute approximate surface area is 180 Å². The second-order valence-electron chi connectivity index (χ2n) is 6.52. The van der Waals surface area contributed by atoms with Gasteiger partial charge in [0.2, 0.25) is 12.6 Å². The lowest BCUT2D eigenvalue weighted by Gasteiger charge is -2.24. The van der Waals surface area contributed by atoms with E-state index in [-0.39, 0.29) is 19.0 Å². The first-order valence-corrected chi connectivity index (χ1v) is 11.6. The number of phosphoric ester groups is 1. The van der Waals surface area contributed by atoms with Crippen molar-refractivity contribution in [2.45, 2.75) is 90.6 Å². The summed E-state index contributed by atoms with van der Waals surface area (Å²) in [5, 5.41) is 0. The van der Waals surface area contributed by atoms with Gasteiger partial charge in [0.05, 0.1) is 0 Å². The summed E-state index contributed by atoms with van der Waals surface area (Å²) in [5.74, 6) is -1.56. The molecule has 0 bridgehead atoms. The number of hydrogen-bond acceptors (Lipinski definition) is 8. The number of carbonyl (C=O) groups is 2. The largest absolute Gasteiger partial charge is 0.478 e. The minimum absolute atomic E-state index is 0. The molecule has 0 aromatic heterocycles. The highest BCUT2D eigenvalue weighted by atomic mass is 31.2. The molecular formula is C20H38NO8P. The summed E-state index contributed by atoms with van der Waals surface area (Å²) in [6.07, 6.45) is 6.73. The Morgan fingerprint density at radius 2 is 1.20 bits per heavy atom. The zero-order valence-corrected chi connectivity index (χ0v) is 19.1. The molecule has 0 aromatic rings. The quantitative estimate of drug-likeness (QED) is 0.0928. The first kappa shape index (κ1) is 30.7. The average molecular weight is 451 g/mol. The summed E-state index contributed by atoms with van der Waals surface area (Å²) in [6, 6.07) is 0. The third-order valence-corrected chi connectivity index (χ3v) is 4.92. The molecular weight excluding hydrogens is 413 g/mol. The van der Waals surface area contributed by atoms with Gasteiger partial charge in [0.1, 0.15) is 0 Å². The Balaban J connectivity index is 0. The number of unbranched alkanes of at least 4 members (excludes halogenated alkanes) is 6. The van der Waals surface area contributed by atoms with Crippen LogP contribution in [-0.4, -0.2) is 29.4 Å². The maximum atomic E-state index is 12.4. The third-order valence-electron chi connectivity index (χ3n) is 3.92. The van der Waals surface area contributed by atoms with E-state index in [1.165, 1.54) is 0 Å². The highest BCUT2D eigenvalue weighted by Crippen LogP contribution is 2.47. The fourth-order valence-corrected chi connectivity index (χ4v) is 3.36. The molecule has 0 aromatic carbocycles. The van der Waals surface area contributed by atoms with Gasteiger partial charge >= 0.3 is 19.8 Å². The number of rotatable bonds is 18. The molecule has 0 heterocycles. The molecule has 10 heteroatoms. The Bertz CT molecular complexity index is 511. The van der Waals surface area contributed by atoms with Crippen LogP contribution in [-0.2, 0) is 32.7 Å². The molecule has 0 radical (unpaired) electrons. The van der Waals surface area contributed by atoms with Gasteiger partial charge in [-0.1, -0.05) is 65.5 Å². The van der Waals surface area contributed by atoms with Crippen LogP contribution in [0.25, 0.3) is 0 Å². The lowest BCUT2D eigenvalue weighted by molar-refractivity contribution is -0.168. The smallest absolute Gasteiger partial charge is 0.432 e. The molecule has 0 saturated carbocycles. The third kappa shape index (κ3) is 16.3. The van der Waals surface area contributed by atoms with Crippen molar-refractivity contribution in [3.63, 3.8) is 0 Å². The van der Waals surface area contributed by atoms with Crippen molar-refractivity contribution in [1.82, 2.24) is 6.15 Å². The van der Waals surface area contributed by atoms with Gasteiger partial charge in [-0.25, -0.2) is 23.2 Å². The minimum Gasteiger partial charge on any atom is -0.432 e. The molecule has 4 N–H and O–H groups in total. The van der Waals surface area contributed by atoms with E-state index in [0.717, 1.165) is 50.7 Å². The normalized spacial score (nSPS) is 14.5. The number of carbonyl (C=O) groups excluding carboxylic acids is 2. The zero-order valence-electron chi connectivity index (χ0n) is 18.3. The molecule has 0 saturated heterocycles. The van der Waals surface area contributed by atoms with Gasteiger partial charge in [0, 0.05) is 25.0 Å². The molecule has 2 atom stereocenters. The first-order chi connectivity index (χ1) is 13.8. The van der Waals surface area contributed by atoms with Crippen molar-refractivity contribution in [1.29, 1.82) is 0 Å². The monoisotopic (exact) mass is 451 g/mol. The van der Waals surface area contributed by atoms with E-state index in [2.05, 4.69) is 13.2 Å². The Morgan fingerprint density at radius 3 is 1.50 bits per heavy atom. The predicted molar refractivity (Wildman–Crippen MR) is 115 cm³/mol. The Hall–Kier alpha value is -1.51. The van der Waals surface area contributed by atoms with E-state index in [9.17, 15) is 19.0 Å². The molecule has 0 aliphatic carbocycles. The topological polar surface area (TPSA) is 143 Å². The standard InChI is InChI=1S/C20H35O8P.H3N/c1-5-9-11-13-15-19(25-17(21)7-3)27-29(23,24)28-20(26-18(22)8-4)16-14-12-10-6-2;/h7-8,19-20H,3-6,9-16H2,1-2H3,(H,23,24);1H3. The van der Waals surface area contributed by atoms with Crippen LogP contribution in [0.2, 0.25) is 0 Å². The van der Waals surface area contributed by atoms with Crippen LogP contribution in [0.3, 0.4) is 0 Å². The molecule has 2 unspecified atom stereocenters. The number of esters is 2. The SMILES string of the molecule is C=CC(=O)OC(CCCCCC)OP(=O)(O)OC(CCCCCC)OC(=O)C=C.N. The number of ether oxygens (including phenoxy) is 2. The van der Waals surface area contributed by atoms with Crippen molar-refractivity contribution in [2.24, 2.45) is 0 Å². The maximum Gasteiger partial charge on any atom is 0.478 e. The number of phosphoric acid groups is 1. The Kier molecular flexibility index (Phi) is 18.7. The van der Waals surface area contributed by atoms with Gasteiger partial charge < -0.3 is 20.5 Å². The lowest BCUT2D eigenvalue weighted by atomic mass is 10.1. The summed E-state index contributed by atoms with van der Waals surface area (Å²) >= 11 is 0. The van der Waals surface area contributed by atoms with Crippen LogP contribution in [0, 0.1) is 0 Å². The fraction of sp³-hybridized carbons (Fsp3) is 0.700. The summed E-state index contributed by atoms with van der Waals surface area (Å²) in [6.45, 7) is 10.7. The predicted octanol–water partition coefficient (Wildman–Crippen LogP) is 5.33. The summed E-state index contributed by atoms with van der Waals surface area (Å²) in [7, 11) is -4.67. The second kappa shape index (κ2) is 18.3. The van der Waals surface area contributed by atoms with Gasteiger partial charge in [-0.3, -0.25) is 0 Å². The van der Waals surface area contributed by atoms with Gasteiger partial charge in [-0.2, -0.15) is 0 Å². The molecule has 176 valence electrons. The van der Waals surface area contributed by atoms with Gasteiger partial charge in [0.25, 0.3) is 0 Å². The van der Waals surface area contributed by atoms with Gasteiger partial charge in [-0.05, 0) is 12.8 Å². The summed E-state index contributed by atoms with van der Waals surface area (Å²) in [5.41, 5.74) is 0. The zero-order chi connectivity index (χ0) is 22.1. The van der Waals surface area contributed by atoms with E-state index in [0.29, 0.717) is 12.8 Å². The van der Waals surface area contributed by atoms with Crippen LogP contribution in [0.15, 0.2) is 25.3 Å². The molecule has 0 spiro atoms. The van der Waals surface area contributed by atoms with E-state index in [1.54, 1.807) is 0 Å². The van der Waals surface area contributed by atoms with E-state index < -0.39 is 32.3 Å². The molecule has 0 rings (SSSR count). The van der Waals surface area contributed by atoms with Crippen molar-refractivity contribution >= 4 is 19.8 Å². The van der Waals surface area contributed by atoms with Crippen molar-refractivity contribution in [2.75, 3.05) is 0 Å². The van der Waals surface area contributed by atoms with E-state index in [4.69, 9.17) is 18.5 Å². The number of hydrogen-bond donors (Lipinski definition) is 2. The second-order valence-corrected chi connectivity index (χ2v) is 7.88. The highest BCUT2D eigenvalue weighted by Gasteiger charge is 2.33. The van der Waals surface area contributed by atoms with E-state index in [1.807, 2.05) is 13.8 Å².